The average Bonchev–Trinajstić information content (AvgIpc) is 3.29. The van der Waals surface area contributed by atoms with Gasteiger partial charge in [-0.15, -0.1) is 0 Å². The summed E-state index contributed by atoms with van der Waals surface area (Å²) in [5.74, 6) is -3.44. The van der Waals surface area contributed by atoms with Crippen molar-refractivity contribution in [1.82, 2.24) is 9.97 Å². The summed E-state index contributed by atoms with van der Waals surface area (Å²) >= 11 is 0. The lowest BCUT2D eigenvalue weighted by Gasteiger charge is -2.18. The van der Waals surface area contributed by atoms with Crippen molar-refractivity contribution in [3.05, 3.63) is 58.7 Å². The first-order valence-corrected chi connectivity index (χ1v) is 10.1. The molecule has 2 aliphatic rings. The third-order valence-electron chi connectivity index (χ3n) is 6.14. The Labute approximate surface area is 175 Å². The molecule has 2 aromatic rings. The number of nitrogens with one attached hydrogen (secondary N) is 1. The Bertz CT molecular complexity index is 1040. The number of aromatic nitrogens is 2. The van der Waals surface area contributed by atoms with Crippen molar-refractivity contribution in [3.63, 3.8) is 0 Å². The highest BCUT2D eigenvalue weighted by Gasteiger charge is 2.48. The van der Waals surface area contributed by atoms with Crippen molar-refractivity contribution < 1.29 is 26.7 Å². The SMILES string of the molecule is CCc1cc(C2=C(C(F)(F)F)CC3CCCC23)ncc1NC(=O)c1c(F)cncc1F. The van der Waals surface area contributed by atoms with Gasteiger partial charge in [0.05, 0.1) is 30.0 Å². The Kier molecular flexibility index (Phi) is 5.53. The van der Waals surface area contributed by atoms with Crippen LogP contribution in [0.15, 0.2) is 30.2 Å². The third-order valence-corrected chi connectivity index (χ3v) is 6.14. The van der Waals surface area contributed by atoms with Crippen LogP contribution in [0.25, 0.3) is 5.57 Å². The van der Waals surface area contributed by atoms with Crippen molar-refractivity contribution >= 4 is 17.2 Å². The molecule has 2 atom stereocenters. The molecular weight excluding hydrogens is 417 g/mol. The Balaban J connectivity index is 1.69. The van der Waals surface area contributed by atoms with Crippen LogP contribution in [-0.2, 0) is 6.42 Å². The lowest BCUT2D eigenvalue weighted by Crippen LogP contribution is -2.18. The molecule has 1 N–H and O–H groups in total. The van der Waals surface area contributed by atoms with E-state index in [0.717, 1.165) is 25.2 Å². The normalized spacial score (nSPS) is 20.8. The Morgan fingerprint density at radius 1 is 1.16 bits per heavy atom. The summed E-state index contributed by atoms with van der Waals surface area (Å²) in [6, 6.07) is 1.54. The number of amides is 1. The molecule has 1 saturated carbocycles. The van der Waals surface area contributed by atoms with Gasteiger partial charge in [0.15, 0.2) is 11.6 Å². The minimum absolute atomic E-state index is 0.00568. The summed E-state index contributed by atoms with van der Waals surface area (Å²) in [6.45, 7) is 1.77. The highest BCUT2D eigenvalue weighted by molar-refractivity contribution is 6.05. The van der Waals surface area contributed by atoms with E-state index >= 15 is 0 Å². The molecule has 0 aromatic carbocycles. The van der Waals surface area contributed by atoms with E-state index in [1.165, 1.54) is 12.3 Å². The van der Waals surface area contributed by atoms with Gasteiger partial charge in [0.1, 0.15) is 5.56 Å². The zero-order chi connectivity index (χ0) is 22.3. The number of aryl methyl sites for hydroxylation is 1. The van der Waals surface area contributed by atoms with Gasteiger partial charge in [-0.3, -0.25) is 14.8 Å². The molecule has 31 heavy (non-hydrogen) atoms. The smallest absolute Gasteiger partial charge is 0.320 e. The number of alkyl halides is 3. The fourth-order valence-corrected chi connectivity index (χ4v) is 4.73. The Morgan fingerprint density at radius 2 is 1.87 bits per heavy atom. The summed E-state index contributed by atoms with van der Waals surface area (Å²) in [4.78, 5) is 19.9. The minimum Gasteiger partial charge on any atom is -0.320 e. The van der Waals surface area contributed by atoms with E-state index in [1.54, 1.807) is 6.92 Å². The van der Waals surface area contributed by atoms with Crippen LogP contribution in [0.1, 0.15) is 54.2 Å². The number of anilines is 1. The number of pyridine rings is 2. The zero-order valence-electron chi connectivity index (χ0n) is 16.7. The fraction of sp³-hybridized carbons (Fsp3) is 0.409. The summed E-state index contributed by atoms with van der Waals surface area (Å²) in [5.41, 5.74) is -0.0837. The summed E-state index contributed by atoms with van der Waals surface area (Å²) < 4.78 is 68.7. The molecule has 2 aromatic heterocycles. The number of hydrogen-bond donors (Lipinski definition) is 1. The van der Waals surface area contributed by atoms with Gasteiger partial charge in [-0.25, -0.2) is 8.78 Å². The number of rotatable bonds is 4. The molecule has 2 unspecified atom stereocenters. The van der Waals surface area contributed by atoms with Gasteiger partial charge in [0, 0.05) is 5.57 Å². The second kappa shape index (κ2) is 8.01. The van der Waals surface area contributed by atoms with E-state index in [-0.39, 0.29) is 35.2 Å². The van der Waals surface area contributed by atoms with Crippen molar-refractivity contribution in [2.24, 2.45) is 11.8 Å². The highest BCUT2D eigenvalue weighted by atomic mass is 19.4. The van der Waals surface area contributed by atoms with Crippen LogP contribution in [0, 0.1) is 23.5 Å². The molecule has 0 bridgehead atoms. The van der Waals surface area contributed by atoms with Gasteiger partial charge in [0.2, 0.25) is 0 Å². The van der Waals surface area contributed by atoms with Crippen molar-refractivity contribution in [2.75, 3.05) is 5.32 Å². The molecule has 4 rings (SSSR count). The highest BCUT2D eigenvalue weighted by Crippen LogP contribution is 2.54. The number of carbonyl (C=O) groups is 1. The summed E-state index contributed by atoms with van der Waals surface area (Å²) in [6.07, 6.45) is 1.03. The second-order valence-electron chi connectivity index (χ2n) is 7.90. The standard InChI is InChI=1S/C22H20F5N3O/c1-2-11-7-17(19-13-5-3-4-12(13)6-14(19)22(25,26)27)29-10-18(11)30-21(31)20-15(23)8-28-9-16(20)24/h7-10,12-13H,2-6H2,1H3,(H,30,31). The Hall–Kier alpha value is -2.84. The molecule has 1 amide bonds. The predicted molar refractivity (Wildman–Crippen MR) is 104 cm³/mol. The molecule has 0 spiro atoms. The molecule has 9 heteroatoms. The van der Waals surface area contributed by atoms with Gasteiger partial charge in [-0.05, 0) is 54.7 Å². The molecule has 164 valence electrons. The molecule has 2 aliphatic carbocycles. The number of carbonyl (C=O) groups excluding carboxylic acids is 1. The molecule has 2 heterocycles. The van der Waals surface area contributed by atoms with Crippen LogP contribution >= 0.6 is 0 Å². The molecular formula is C22H20F5N3O. The van der Waals surface area contributed by atoms with Crippen molar-refractivity contribution in [1.29, 1.82) is 0 Å². The number of fused-ring (bicyclic) bond motifs is 1. The zero-order valence-corrected chi connectivity index (χ0v) is 16.7. The van der Waals surface area contributed by atoms with Gasteiger partial charge in [0.25, 0.3) is 5.91 Å². The van der Waals surface area contributed by atoms with Crippen LogP contribution in [0.2, 0.25) is 0 Å². The fourth-order valence-electron chi connectivity index (χ4n) is 4.73. The quantitative estimate of drug-likeness (QED) is 0.624. The van der Waals surface area contributed by atoms with E-state index < -0.39 is 34.9 Å². The van der Waals surface area contributed by atoms with E-state index in [9.17, 15) is 26.7 Å². The molecule has 0 radical (unpaired) electrons. The first-order valence-electron chi connectivity index (χ1n) is 10.1. The van der Waals surface area contributed by atoms with Gasteiger partial charge in [-0.2, -0.15) is 13.2 Å². The molecule has 4 nitrogen and oxygen atoms in total. The van der Waals surface area contributed by atoms with E-state index in [1.807, 2.05) is 0 Å². The largest absolute Gasteiger partial charge is 0.413 e. The summed E-state index contributed by atoms with van der Waals surface area (Å²) in [5, 5.41) is 2.42. The topological polar surface area (TPSA) is 54.9 Å². The molecule has 1 fully saturated rings. The van der Waals surface area contributed by atoms with Crippen molar-refractivity contribution in [2.45, 2.75) is 45.2 Å². The molecule has 0 aliphatic heterocycles. The monoisotopic (exact) mass is 437 g/mol. The van der Waals surface area contributed by atoms with Crippen LogP contribution < -0.4 is 5.32 Å². The number of allylic oxidation sites excluding steroid dienone is 2. The van der Waals surface area contributed by atoms with Gasteiger partial charge >= 0.3 is 6.18 Å². The van der Waals surface area contributed by atoms with Crippen molar-refractivity contribution in [3.8, 4) is 0 Å². The van der Waals surface area contributed by atoms with E-state index in [0.29, 0.717) is 18.4 Å². The first kappa shape index (κ1) is 21.4. The lowest BCUT2D eigenvalue weighted by atomic mass is 9.92. The summed E-state index contributed by atoms with van der Waals surface area (Å²) in [7, 11) is 0. The van der Waals surface area contributed by atoms with Gasteiger partial charge in [-0.1, -0.05) is 13.3 Å². The average molecular weight is 437 g/mol. The molecule has 0 saturated heterocycles. The second-order valence-corrected chi connectivity index (χ2v) is 7.90. The van der Waals surface area contributed by atoms with Crippen LogP contribution in [0.4, 0.5) is 27.6 Å². The predicted octanol–water partition coefficient (Wildman–Crippen LogP) is 5.71. The first-order chi connectivity index (χ1) is 14.7. The Morgan fingerprint density at radius 3 is 2.52 bits per heavy atom. The lowest BCUT2D eigenvalue weighted by molar-refractivity contribution is -0.0933. The van der Waals surface area contributed by atoms with Crippen LogP contribution in [-0.4, -0.2) is 22.1 Å². The maximum absolute atomic E-state index is 13.8. The number of halogens is 5. The van der Waals surface area contributed by atoms with Gasteiger partial charge < -0.3 is 5.32 Å². The minimum atomic E-state index is -4.42. The maximum Gasteiger partial charge on any atom is 0.413 e. The third kappa shape index (κ3) is 3.93. The maximum atomic E-state index is 13.8. The van der Waals surface area contributed by atoms with Crippen LogP contribution in [0.5, 0.6) is 0 Å². The van der Waals surface area contributed by atoms with E-state index in [2.05, 4.69) is 15.3 Å². The van der Waals surface area contributed by atoms with E-state index in [4.69, 9.17) is 0 Å². The number of hydrogen-bond acceptors (Lipinski definition) is 3. The van der Waals surface area contributed by atoms with Crippen LogP contribution in [0.3, 0.4) is 0 Å². The number of nitrogens with zero attached hydrogens (tertiary/aromatic N) is 2.